The molecule has 0 fully saturated rings. The second-order valence-corrected chi connectivity index (χ2v) is 7.34. The summed E-state index contributed by atoms with van der Waals surface area (Å²) < 4.78 is 6.19. The Morgan fingerprint density at radius 2 is 2.04 bits per heavy atom. The van der Waals surface area contributed by atoms with Crippen molar-refractivity contribution in [3.8, 4) is 11.5 Å². The summed E-state index contributed by atoms with van der Waals surface area (Å²) in [5.41, 5.74) is 4.17. The monoisotopic (exact) mass is 326 g/mol. The fraction of sp³-hybridized carbons (Fsp3) is 0.455. The van der Waals surface area contributed by atoms with Gasteiger partial charge in [-0.2, -0.15) is 0 Å². The minimum atomic E-state index is -0.318. The van der Waals surface area contributed by atoms with Crippen LogP contribution in [-0.2, 0) is 0 Å². The summed E-state index contributed by atoms with van der Waals surface area (Å²) in [7, 11) is 0. The molecule has 2 rings (SSSR count). The molecule has 24 heavy (non-hydrogen) atoms. The SMILES string of the molecule is C=C(C)CCC/C(C)=C/CC[C@]1(C)C=Cc2c(O)cc(C)cc2O1. The first kappa shape index (κ1) is 18.4. The molecule has 1 aromatic rings. The number of allylic oxidation sites excluding steroid dienone is 3. The van der Waals surface area contributed by atoms with Crippen molar-refractivity contribution in [2.24, 2.45) is 0 Å². The molecular formula is C22H30O2. The summed E-state index contributed by atoms with van der Waals surface area (Å²) in [6.07, 6.45) is 11.7. The Morgan fingerprint density at radius 1 is 1.29 bits per heavy atom. The molecule has 0 aliphatic carbocycles. The minimum Gasteiger partial charge on any atom is -0.507 e. The van der Waals surface area contributed by atoms with E-state index in [1.54, 1.807) is 6.07 Å². The van der Waals surface area contributed by atoms with Gasteiger partial charge in [0.25, 0.3) is 0 Å². The molecule has 0 saturated heterocycles. The molecule has 0 aromatic heterocycles. The fourth-order valence-electron chi connectivity index (χ4n) is 3.05. The molecule has 1 aliphatic rings. The van der Waals surface area contributed by atoms with Crippen molar-refractivity contribution < 1.29 is 9.84 Å². The van der Waals surface area contributed by atoms with Crippen molar-refractivity contribution in [2.45, 2.75) is 65.4 Å². The molecule has 1 heterocycles. The maximum Gasteiger partial charge on any atom is 0.131 e. The Labute approximate surface area is 146 Å². The molecule has 2 heteroatoms. The van der Waals surface area contributed by atoms with Crippen LogP contribution in [0, 0.1) is 6.92 Å². The molecule has 0 spiro atoms. The van der Waals surface area contributed by atoms with Crippen LogP contribution in [0.1, 0.15) is 64.0 Å². The first-order valence-electron chi connectivity index (χ1n) is 8.81. The molecule has 0 bridgehead atoms. The number of ether oxygens (including phenoxy) is 1. The number of hydrogen-bond donors (Lipinski definition) is 1. The molecule has 0 amide bonds. The first-order valence-corrected chi connectivity index (χ1v) is 8.81. The lowest BCUT2D eigenvalue weighted by Crippen LogP contribution is -2.31. The molecular weight excluding hydrogens is 296 g/mol. The van der Waals surface area contributed by atoms with E-state index >= 15 is 0 Å². The number of aromatic hydroxyl groups is 1. The third-order valence-corrected chi connectivity index (χ3v) is 4.52. The van der Waals surface area contributed by atoms with Crippen LogP contribution < -0.4 is 4.74 Å². The zero-order valence-corrected chi connectivity index (χ0v) is 15.5. The average Bonchev–Trinajstić information content (AvgIpc) is 2.45. The molecule has 0 radical (unpaired) electrons. The van der Waals surface area contributed by atoms with Crippen LogP contribution in [-0.4, -0.2) is 10.7 Å². The zero-order chi connectivity index (χ0) is 17.7. The Kier molecular flexibility index (Phi) is 5.93. The molecule has 0 saturated carbocycles. The topological polar surface area (TPSA) is 29.5 Å². The van der Waals surface area contributed by atoms with Crippen LogP contribution in [0.15, 0.2) is 42.0 Å². The van der Waals surface area contributed by atoms with E-state index < -0.39 is 0 Å². The fourth-order valence-corrected chi connectivity index (χ4v) is 3.05. The number of phenolic OH excluding ortho intramolecular Hbond substituents is 1. The number of phenols is 1. The van der Waals surface area contributed by atoms with Crippen molar-refractivity contribution >= 4 is 6.08 Å². The van der Waals surface area contributed by atoms with Crippen LogP contribution in [0.5, 0.6) is 11.5 Å². The molecule has 2 nitrogen and oxygen atoms in total. The van der Waals surface area contributed by atoms with Crippen LogP contribution in [0.2, 0.25) is 0 Å². The van der Waals surface area contributed by atoms with Gasteiger partial charge in [-0.3, -0.25) is 0 Å². The largest absolute Gasteiger partial charge is 0.507 e. The maximum absolute atomic E-state index is 10.0. The van der Waals surface area contributed by atoms with Crippen LogP contribution >= 0.6 is 0 Å². The van der Waals surface area contributed by atoms with E-state index in [0.29, 0.717) is 0 Å². The molecule has 1 aliphatic heterocycles. The Bertz CT molecular complexity index is 667. The minimum absolute atomic E-state index is 0.288. The highest BCUT2D eigenvalue weighted by Gasteiger charge is 2.27. The lowest BCUT2D eigenvalue weighted by Gasteiger charge is -2.32. The molecule has 130 valence electrons. The van der Waals surface area contributed by atoms with Gasteiger partial charge in [-0.25, -0.2) is 0 Å². The van der Waals surface area contributed by atoms with Gasteiger partial charge in [0.1, 0.15) is 17.1 Å². The average molecular weight is 326 g/mol. The van der Waals surface area contributed by atoms with Gasteiger partial charge in [0, 0.05) is 0 Å². The third kappa shape index (κ3) is 5.02. The van der Waals surface area contributed by atoms with Gasteiger partial charge in [-0.1, -0.05) is 17.2 Å². The molecule has 1 N–H and O–H groups in total. The van der Waals surface area contributed by atoms with Crippen molar-refractivity contribution in [3.63, 3.8) is 0 Å². The van der Waals surface area contributed by atoms with Crippen LogP contribution in [0.4, 0.5) is 0 Å². The lowest BCUT2D eigenvalue weighted by atomic mass is 9.93. The van der Waals surface area contributed by atoms with Crippen molar-refractivity contribution in [1.29, 1.82) is 0 Å². The van der Waals surface area contributed by atoms with Gasteiger partial charge in [0.15, 0.2) is 0 Å². The van der Waals surface area contributed by atoms with Gasteiger partial charge in [-0.05, 0) is 89.6 Å². The summed E-state index contributed by atoms with van der Waals surface area (Å²) in [5, 5.41) is 10.0. The summed E-state index contributed by atoms with van der Waals surface area (Å²) in [6, 6.07) is 3.77. The van der Waals surface area contributed by atoms with Gasteiger partial charge >= 0.3 is 0 Å². The highest BCUT2D eigenvalue weighted by atomic mass is 16.5. The Hall–Kier alpha value is -1.96. The number of aryl methyl sites for hydroxylation is 1. The molecule has 1 atom stereocenters. The molecule has 1 aromatic carbocycles. The number of hydrogen-bond acceptors (Lipinski definition) is 2. The summed E-state index contributed by atoms with van der Waals surface area (Å²) in [6.45, 7) is 12.3. The molecule has 0 unspecified atom stereocenters. The van der Waals surface area contributed by atoms with E-state index in [-0.39, 0.29) is 11.4 Å². The maximum atomic E-state index is 10.0. The number of benzene rings is 1. The van der Waals surface area contributed by atoms with E-state index in [4.69, 9.17) is 4.74 Å². The quantitative estimate of drug-likeness (QED) is 0.593. The van der Waals surface area contributed by atoms with Crippen molar-refractivity contribution in [3.05, 3.63) is 53.1 Å². The third-order valence-electron chi connectivity index (χ3n) is 4.52. The highest BCUT2D eigenvalue weighted by Crippen LogP contribution is 2.38. The van der Waals surface area contributed by atoms with E-state index in [1.165, 1.54) is 17.6 Å². The Balaban J connectivity index is 1.93. The van der Waals surface area contributed by atoms with Crippen LogP contribution in [0.3, 0.4) is 0 Å². The Morgan fingerprint density at radius 3 is 2.75 bits per heavy atom. The summed E-state index contributed by atoms with van der Waals surface area (Å²) in [4.78, 5) is 0. The van der Waals surface area contributed by atoms with Gasteiger partial charge in [0.2, 0.25) is 0 Å². The van der Waals surface area contributed by atoms with E-state index in [1.807, 2.05) is 19.1 Å². The smallest absolute Gasteiger partial charge is 0.131 e. The van der Waals surface area contributed by atoms with Crippen molar-refractivity contribution in [1.82, 2.24) is 0 Å². The van der Waals surface area contributed by atoms with Crippen molar-refractivity contribution in [2.75, 3.05) is 0 Å². The van der Waals surface area contributed by atoms with Gasteiger partial charge in [-0.15, -0.1) is 6.58 Å². The summed E-state index contributed by atoms with van der Waals surface area (Å²) >= 11 is 0. The normalized spacial score (nSPS) is 19.8. The predicted molar refractivity (Wildman–Crippen MR) is 103 cm³/mol. The standard InChI is InChI=1S/C22H30O2/c1-16(2)8-6-9-17(3)10-7-12-22(5)13-11-19-20(23)14-18(4)15-21(19)24-22/h10-11,13-15,23H,1,6-9,12H2,2-5H3/b17-10+/t22-/m1/s1. The van der Waals surface area contributed by atoms with E-state index in [2.05, 4.69) is 39.5 Å². The second kappa shape index (κ2) is 7.74. The predicted octanol–water partition coefficient (Wildman–Crippen LogP) is 6.34. The van der Waals surface area contributed by atoms with Gasteiger partial charge < -0.3 is 9.84 Å². The highest BCUT2D eigenvalue weighted by molar-refractivity contribution is 5.67. The van der Waals surface area contributed by atoms with E-state index in [9.17, 15) is 5.11 Å². The summed E-state index contributed by atoms with van der Waals surface area (Å²) in [5.74, 6) is 1.07. The first-order chi connectivity index (χ1) is 11.3. The second-order valence-electron chi connectivity index (χ2n) is 7.34. The number of rotatable bonds is 7. The van der Waals surface area contributed by atoms with Gasteiger partial charge in [0.05, 0.1) is 5.56 Å². The lowest BCUT2D eigenvalue weighted by molar-refractivity contribution is 0.128. The van der Waals surface area contributed by atoms with Crippen LogP contribution in [0.25, 0.3) is 6.08 Å². The zero-order valence-electron chi connectivity index (χ0n) is 15.5. The number of fused-ring (bicyclic) bond motifs is 1. The van der Waals surface area contributed by atoms with E-state index in [0.717, 1.165) is 42.6 Å².